The number of carboxylic acids is 2. The van der Waals surface area contributed by atoms with E-state index in [4.69, 9.17) is 10.2 Å². The second-order valence-electron chi connectivity index (χ2n) is 2.55. The van der Waals surface area contributed by atoms with Gasteiger partial charge < -0.3 is 10.2 Å². The first-order valence-electron chi connectivity index (χ1n) is 4.51. The minimum absolute atomic E-state index is 0.806. The molecule has 0 aliphatic heterocycles. The van der Waals surface area contributed by atoms with Crippen molar-refractivity contribution in [2.75, 3.05) is 0 Å². The van der Waals surface area contributed by atoms with Crippen molar-refractivity contribution < 1.29 is 19.8 Å². The number of hydrogen-bond acceptors (Lipinski definition) is 4. The molecule has 0 aromatic carbocycles. The van der Waals surface area contributed by atoms with Gasteiger partial charge in [0.1, 0.15) is 6.42 Å². The second-order valence-corrected chi connectivity index (χ2v) is 4.18. The van der Waals surface area contributed by atoms with Gasteiger partial charge in [0.15, 0.2) is 0 Å². The third-order valence-corrected chi connectivity index (χ3v) is 2.41. The summed E-state index contributed by atoms with van der Waals surface area (Å²) in [7, 11) is 0. The first-order valence-corrected chi connectivity index (χ1v) is 6.39. The van der Waals surface area contributed by atoms with Crippen LogP contribution in [-0.4, -0.2) is 22.2 Å². The Hall–Kier alpha value is -1.66. The van der Waals surface area contributed by atoms with Crippen molar-refractivity contribution in [3.05, 3.63) is 45.8 Å². The zero-order chi connectivity index (χ0) is 12.9. The quantitative estimate of drug-likeness (QED) is 0.824. The van der Waals surface area contributed by atoms with Gasteiger partial charge in [0.05, 0.1) is 0 Å². The van der Waals surface area contributed by atoms with Gasteiger partial charge in [-0.05, 0) is 21.5 Å². The highest BCUT2D eigenvalue weighted by atomic mass is 32.1. The molecule has 0 atom stereocenters. The van der Waals surface area contributed by atoms with Crippen LogP contribution in [0.15, 0.2) is 45.8 Å². The van der Waals surface area contributed by atoms with Gasteiger partial charge in [0.2, 0.25) is 0 Å². The Balaban J connectivity index is 0.000000229. The molecule has 0 aliphatic rings. The standard InChI is InChI=1S/2C4H4S.C3H4O4/c2*1-2-4-5-3-1;4-2(5)1-3(6)7/h2*1-4H;1H2,(H,4,5)(H,6,7). The average Bonchev–Trinajstić information content (AvgIpc) is 2.96. The van der Waals surface area contributed by atoms with E-state index in [-0.39, 0.29) is 0 Å². The van der Waals surface area contributed by atoms with Crippen LogP contribution in [-0.2, 0) is 9.59 Å². The molecule has 17 heavy (non-hydrogen) atoms. The summed E-state index contributed by atoms with van der Waals surface area (Å²) in [6, 6.07) is 8.07. The highest BCUT2D eigenvalue weighted by molar-refractivity contribution is 7.08. The Morgan fingerprint density at radius 2 is 1.06 bits per heavy atom. The third-order valence-electron chi connectivity index (χ3n) is 1.15. The van der Waals surface area contributed by atoms with Gasteiger partial charge >= 0.3 is 11.9 Å². The van der Waals surface area contributed by atoms with Crippen molar-refractivity contribution in [1.29, 1.82) is 0 Å². The van der Waals surface area contributed by atoms with Crippen molar-refractivity contribution in [3.63, 3.8) is 0 Å². The molecule has 0 radical (unpaired) electrons. The minimum atomic E-state index is -1.31. The number of aliphatic carboxylic acids is 2. The molecule has 0 amide bonds. The van der Waals surface area contributed by atoms with Gasteiger partial charge in [0.25, 0.3) is 0 Å². The van der Waals surface area contributed by atoms with Crippen LogP contribution in [0.4, 0.5) is 0 Å². The van der Waals surface area contributed by atoms with E-state index in [1.54, 1.807) is 22.7 Å². The summed E-state index contributed by atoms with van der Waals surface area (Å²) >= 11 is 3.43. The predicted octanol–water partition coefficient (Wildman–Crippen LogP) is 3.04. The van der Waals surface area contributed by atoms with Crippen molar-refractivity contribution in [2.45, 2.75) is 6.42 Å². The smallest absolute Gasteiger partial charge is 0.314 e. The van der Waals surface area contributed by atoms with Gasteiger partial charge in [-0.15, -0.1) is 0 Å². The lowest BCUT2D eigenvalue weighted by Crippen LogP contribution is -2.03. The molecule has 2 heterocycles. The number of hydrogen-bond donors (Lipinski definition) is 2. The van der Waals surface area contributed by atoms with Crippen molar-refractivity contribution in [3.8, 4) is 0 Å². The van der Waals surface area contributed by atoms with Gasteiger partial charge in [-0.2, -0.15) is 22.7 Å². The Kier molecular flexibility index (Phi) is 9.79. The normalized spacial score (nSPS) is 8.00. The Morgan fingerprint density at radius 3 is 1.12 bits per heavy atom. The molecule has 92 valence electrons. The van der Waals surface area contributed by atoms with Crippen LogP contribution >= 0.6 is 22.7 Å². The number of carbonyl (C=O) groups is 2. The SMILES string of the molecule is O=C(O)CC(=O)O.c1ccsc1.c1ccsc1. The Bertz CT molecular complexity index is 309. The lowest BCUT2D eigenvalue weighted by atomic mass is 10.5. The van der Waals surface area contributed by atoms with Gasteiger partial charge in [-0.1, -0.05) is 24.3 Å². The first-order chi connectivity index (χ1) is 8.13. The minimum Gasteiger partial charge on any atom is -0.481 e. The Morgan fingerprint density at radius 1 is 0.765 bits per heavy atom. The summed E-state index contributed by atoms with van der Waals surface area (Å²) in [6.07, 6.45) is -0.806. The molecule has 2 aromatic heterocycles. The summed E-state index contributed by atoms with van der Waals surface area (Å²) < 4.78 is 0. The number of thiophene rings is 2. The van der Waals surface area contributed by atoms with Crippen LogP contribution in [0.1, 0.15) is 6.42 Å². The van der Waals surface area contributed by atoms with Crippen LogP contribution in [0, 0.1) is 0 Å². The zero-order valence-corrected chi connectivity index (χ0v) is 10.5. The van der Waals surface area contributed by atoms with Crippen LogP contribution in [0.25, 0.3) is 0 Å². The maximum Gasteiger partial charge on any atom is 0.314 e. The van der Waals surface area contributed by atoms with Crippen LogP contribution in [0.3, 0.4) is 0 Å². The molecule has 2 N–H and O–H groups in total. The molecular formula is C11H12O4S2. The van der Waals surface area contributed by atoms with Gasteiger partial charge in [0, 0.05) is 0 Å². The van der Waals surface area contributed by atoms with Crippen molar-refractivity contribution in [1.82, 2.24) is 0 Å². The highest BCUT2D eigenvalue weighted by Crippen LogP contribution is 1.92. The Labute approximate surface area is 107 Å². The maximum atomic E-state index is 9.43. The first kappa shape index (κ1) is 15.3. The average molecular weight is 272 g/mol. The monoisotopic (exact) mass is 272 g/mol. The van der Waals surface area contributed by atoms with Gasteiger partial charge in [-0.25, -0.2) is 0 Å². The fourth-order valence-corrected chi connectivity index (χ4v) is 1.49. The van der Waals surface area contributed by atoms with E-state index in [1.165, 1.54) is 0 Å². The molecule has 2 aromatic rings. The maximum absolute atomic E-state index is 9.43. The lowest BCUT2D eigenvalue weighted by molar-refractivity contribution is -0.147. The van der Waals surface area contributed by atoms with E-state index < -0.39 is 18.4 Å². The molecule has 6 heteroatoms. The predicted molar refractivity (Wildman–Crippen MR) is 68.5 cm³/mol. The summed E-state index contributed by atoms with van der Waals surface area (Å²) in [5.41, 5.74) is 0. The number of carboxylic acid groups (broad SMARTS) is 2. The summed E-state index contributed by atoms with van der Waals surface area (Å²) in [4.78, 5) is 18.9. The fraction of sp³-hybridized carbons (Fsp3) is 0.0909. The highest BCUT2D eigenvalue weighted by Gasteiger charge is 2.01. The summed E-state index contributed by atoms with van der Waals surface area (Å²) in [5, 5.41) is 23.6. The van der Waals surface area contributed by atoms with E-state index >= 15 is 0 Å². The molecule has 0 saturated carbocycles. The van der Waals surface area contributed by atoms with Gasteiger partial charge in [-0.3, -0.25) is 9.59 Å². The largest absolute Gasteiger partial charge is 0.481 e. The van der Waals surface area contributed by atoms with E-state index in [9.17, 15) is 9.59 Å². The van der Waals surface area contributed by atoms with Crippen molar-refractivity contribution >= 4 is 34.6 Å². The van der Waals surface area contributed by atoms with Crippen LogP contribution < -0.4 is 0 Å². The van der Waals surface area contributed by atoms with Crippen molar-refractivity contribution in [2.24, 2.45) is 0 Å². The van der Waals surface area contributed by atoms with E-state index in [1.807, 2.05) is 45.8 Å². The zero-order valence-electron chi connectivity index (χ0n) is 8.85. The third kappa shape index (κ3) is 14.3. The molecule has 0 bridgehead atoms. The summed E-state index contributed by atoms with van der Waals surface area (Å²) in [5.74, 6) is -2.62. The molecule has 4 nitrogen and oxygen atoms in total. The van der Waals surface area contributed by atoms with E-state index in [0.717, 1.165) is 0 Å². The molecule has 0 spiro atoms. The van der Waals surface area contributed by atoms with E-state index in [0.29, 0.717) is 0 Å². The van der Waals surface area contributed by atoms with Crippen LogP contribution in [0.2, 0.25) is 0 Å². The summed E-state index contributed by atoms with van der Waals surface area (Å²) in [6.45, 7) is 0. The molecule has 0 fully saturated rings. The van der Waals surface area contributed by atoms with Crippen LogP contribution in [0.5, 0.6) is 0 Å². The lowest BCUT2D eigenvalue weighted by Gasteiger charge is -1.80. The second kappa shape index (κ2) is 10.8. The van der Waals surface area contributed by atoms with E-state index in [2.05, 4.69) is 0 Å². The number of rotatable bonds is 2. The molecule has 0 unspecified atom stereocenters. The molecular weight excluding hydrogens is 260 g/mol. The molecule has 0 aliphatic carbocycles. The molecule has 0 saturated heterocycles. The molecule has 2 rings (SSSR count). The topological polar surface area (TPSA) is 74.6 Å². The fourth-order valence-electron chi connectivity index (χ4n) is 0.583.